The Morgan fingerprint density at radius 3 is 2.29 bits per heavy atom. The first-order valence-corrected chi connectivity index (χ1v) is 8.64. The van der Waals surface area contributed by atoms with Gasteiger partial charge in [0.15, 0.2) is 5.96 Å². The molecule has 1 aliphatic heterocycles. The maximum absolute atomic E-state index is 11.7. The molecule has 0 aromatic heterocycles. The first-order chi connectivity index (χ1) is 11.0. The quantitative estimate of drug-likeness (QED) is 0.375. The molecule has 0 aromatic carbocycles. The number of aliphatic imine (C=N–C) groups is 1. The van der Waals surface area contributed by atoms with Gasteiger partial charge in [-0.3, -0.25) is 4.99 Å². The predicted octanol–water partition coefficient (Wildman–Crippen LogP) is 1.68. The summed E-state index contributed by atoms with van der Waals surface area (Å²) in [5.74, 6) is 0.938. The van der Waals surface area contributed by atoms with Crippen molar-refractivity contribution in [1.82, 2.24) is 20.0 Å². The number of piperazine rings is 1. The highest BCUT2D eigenvalue weighted by Gasteiger charge is 2.23. The van der Waals surface area contributed by atoms with Crippen LogP contribution in [0.15, 0.2) is 4.99 Å². The molecular weight excluding hydrogens is 421 g/mol. The summed E-state index contributed by atoms with van der Waals surface area (Å²) in [5.41, 5.74) is 0. The highest BCUT2D eigenvalue weighted by atomic mass is 127. The molecule has 0 saturated carbocycles. The Bertz CT molecular complexity index is 385. The summed E-state index contributed by atoms with van der Waals surface area (Å²) in [6, 6.07) is 0.529. The second-order valence-electron chi connectivity index (χ2n) is 5.98. The largest absolute Gasteiger partial charge is 0.450 e. The summed E-state index contributed by atoms with van der Waals surface area (Å²) in [4.78, 5) is 22.7. The molecule has 24 heavy (non-hydrogen) atoms. The average molecular weight is 455 g/mol. The Labute approximate surface area is 163 Å². The molecule has 1 rings (SSSR count). The van der Waals surface area contributed by atoms with E-state index in [0.29, 0.717) is 25.7 Å². The number of nitrogens with one attached hydrogen (secondary N) is 1. The third kappa shape index (κ3) is 7.87. The van der Waals surface area contributed by atoms with Gasteiger partial charge in [-0.25, -0.2) is 4.79 Å². The number of carbonyl (C=O) groups is 1. The van der Waals surface area contributed by atoms with Crippen LogP contribution in [0.5, 0.6) is 0 Å². The molecule has 7 nitrogen and oxygen atoms in total. The molecule has 1 fully saturated rings. The van der Waals surface area contributed by atoms with Crippen molar-refractivity contribution in [2.45, 2.75) is 33.7 Å². The summed E-state index contributed by atoms with van der Waals surface area (Å²) in [5, 5.41) is 3.35. The highest BCUT2D eigenvalue weighted by Crippen LogP contribution is 2.04. The number of nitrogens with zero attached hydrogens (tertiary/aromatic N) is 4. The Hall–Kier alpha value is -0.770. The Balaban J connectivity index is 0.00000529. The molecular formula is C16H34IN5O2. The van der Waals surface area contributed by atoms with Crippen molar-refractivity contribution >= 4 is 36.0 Å². The van der Waals surface area contributed by atoms with Crippen molar-refractivity contribution in [3.05, 3.63) is 0 Å². The minimum atomic E-state index is -0.215. The first-order valence-electron chi connectivity index (χ1n) is 8.64. The molecule has 1 amide bonds. The predicted molar refractivity (Wildman–Crippen MR) is 109 cm³/mol. The van der Waals surface area contributed by atoms with Crippen molar-refractivity contribution in [2.75, 3.05) is 59.5 Å². The standard InChI is InChI=1S/C16H33N5O2.HI/c1-6-17-15(18-8-9-19(5)14(3)4)20-10-12-21(13-11-20)16(22)23-7-2;/h14H,6-13H2,1-5H3,(H,17,18);1H. The lowest BCUT2D eigenvalue weighted by Gasteiger charge is -2.36. The fourth-order valence-corrected chi connectivity index (χ4v) is 2.31. The molecule has 0 bridgehead atoms. The van der Waals surface area contributed by atoms with Crippen LogP contribution in [-0.2, 0) is 4.74 Å². The van der Waals surface area contributed by atoms with Crippen LogP contribution in [-0.4, -0.2) is 92.3 Å². The second-order valence-corrected chi connectivity index (χ2v) is 5.98. The van der Waals surface area contributed by atoms with E-state index in [2.05, 4.69) is 42.9 Å². The van der Waals surface area contributed by atoms with Crippen LogP contribution < -0.4 is 5.32 Å². The van der Waals surface area contributed by atoms with E-state index >= 15 is 0 Å². The molecule has 0 spiro atoms. The number of carbonyl (C=O) groups excluding carboxylic acids is 1. The van der Waals surface area contributed by atoms with Crippen LogP contribution in [0.25, 0.3) is 0 Å². The monoisotopic (exact) mass is 455 g/mol. The minimum Gasteiger partial charge on any atom is -0.450 e. The van der Waals surface area contributed by atoms with Gasteiger partial charge in [0.05, 0.1) is 13.2 Å². The van der Waals surface area contributed by atoms with Gasteiger partial charge in [-0.05, 0) is 34.7 Å². The zero-order valence-electron chi connectivity index (χ0n) is 15.7. The van der Waals surface area contributed by atoms with E-state index in [0.717, 1.165) is 38.7 Å². The van der Waals surface area contributed by atoms with E-state index in [4.69, 9.17) is 9.73 Å². The molecule has 0 unspecified atom stereocenters. The van der Waals surface area contributed by atoms with Gasteiger partial charge in [0.1, 0.15) is 0 Å². The lowest BCUT2D eigenvalue weighted by atomic mass is 10.3. The van der Waals surface area contributed by atoms with Crippen LogP contribution in [0.4, 0.5) is 4.79 Å². The van der Waals surface area contributed by atoms with Crippen molar-refractivity contribution in [1.29, 1.82) is 0 Å². The summed E-state index contributed by atoms with van der Waals surface area (Å²) in [6.07, 6.45) is -0.215. The topological polar surface area (TPSA) is 60.4 Å². The van der Waals surface area contributed by atoms with Gasteiger partial charge >= 0.3 is 6.09 Å². The Kier molecular flexibility index (Phi) is 12.2. The molecule has 1 aliphatic rings. The smallest absolute Gasteiger partial charge is 0.409 e. The number of hydrogen-bond acceptors (Lipinski definition) is 4. The number of amides is 1. The number of guanidine groups is 1. The minimum absolute atomic E-state index is 0. The summed E-state index contributed by atoms with van der Waals surface area (Å²) < 4.78 is 5.06. The summed E-state index contributed by atoms with van der Waals surface area (Å²) in [7, 11) is 2.12. The van der Waals surface area contributed by atoms with Gasteiger partial charge < -0.3 is 24.8 Å². The number of rotatable bonds is 6. The number of ether oxygens (including phenoxy) is 1. The van der Waals surface area contributed by atoms with Crippen LogP contribution in [0.2, 0.25) is 0 Å². The fourth-order valence-electron chi connectivity index (χ4n) is 2.31. The lowest BCUT2D eigenvalue weighted by Crippen LogP contribution is -2.54. The third-order valence-corrected chi connectivity index (χ3v) is 4.04. The van der Waals surface area contributed by atoms with Crippen LogP contribution in [0.1, 0.15) is 27.7 Å². The van der Waals surface area contributed by atoms with E-state index in [1.165, 1.54) is 0 Å². The summed E-state index contributed by atoms with van der Waals surface area (Å²) >= 11 is 0. The molecule has 0 radical (unpaired) electrons. The van der Waals surface area contributed by atoms with Gasteiger partial charge in [0, 0.05) is 45.3 Å². The lowest BCUT2D eigenvalue weighted by molar-refractivity contribution is 0.0914. The maximum Gasteiger partial charge on any atom is 0.409 e. The third-order valence-electron chi connectivity index (χ3n) is 4.04. The van der Waals surface area contributed by atoms with Gasteiger partial charge in [-0.2, -0.15) is 0 Å². The average Bonchev–Trinajstić information content (AvgIpc) is 2.54. The molecule has 0 atom stereocenters. The molecule has 1 heterocycles. The SMILES string of the molecule is CCNC(=NCCN(C)C(C)C)N1CCN(C(=O)OCC)CC1.I. The fraction of sp³-hybridized carbons (Fsp3) is 0.875. The molecule has 1 saturated heterocycles. The molecule has 0 aromatic rings. The number of likely N-dealkylation sites (N-methyl/N-ethyl adjacent to an activating group) is 1. The van der Waals surface area contributed by atoms with Crippen LogP contribution in [0.3, 0.4) is 0 Å². The van der Waals surface area contributed by atoms with Crippen molar-refractivity contribution < 1.29 is 9.53 Å². The van der Waals surface area contributed by atoms with Crippen molar-refractivity contribution in [3.8, 4) is 0 Å². The molecule has 1 N–H and O–H groups in total. The van der Waals surface area contributed by atoms with Crippen LogP contribution in [0, 0.1) is 0 Å². The normalized spacial score (nSPS) is 15.5. The van der Waals surface area contributed by atoms with E-state index in [9.17, 15) is 4.79 Å². The van der Waals surface area contributed by atoms with Crippen molar-refractivity contribution in [3.63, 3.8) is 0 Å². The van der Waals surface area contributed by atoms with Crippen molar-refractivity contribution in [2.24, 2.45) is 4.99 Å². The van der Waals surface area contributed by atoms with E-state index in [1.54, 1.807) is 4.90 Å². The Morgan fingerprint density at radius 2 is 1.79 bits per heavy atom. The first kappa shape index (κ1) is 23.2. The number of halogens is 1. The van der Waals surface area contributed by atoms with Gasteiger partial charge in [-0.15, -0.1) is 24.0 Å². The summed E-state index contributed by atoms with van der Waals surface area (Å²) in [6.45, 7) is 14.2. The van der Waals surface area contributed by atoms with E-state index in [-0.39, 0.29) is 30.1 Å². The maximum atomic E-state index is 11.7. The zero-order chi connectivity index (χ0) is 17.2. The Morgan fingerprint density at radius 1 is 1.21 bits per heavy atom. The number of hydrogen-bond donors (Lipinski definition) is 1. The molecule has 8 heteroatoms. The second kappa shape index (κ2) is 12.6. The van der Waals surface area contributed by atoms with E-state index < -0.39 is 0 Å². The van der Waals surface area contributed by atoms with Crippen LogP contribution >= 0.6 is 24.0 Å². The molecule has 0 aliphatic carbocycles. The van der Waals surface area contributed by atoms with Gasteiger partial charge in [0.2, 0.25) is 0 Å². The van der Waals surface area contributed by atoms with Gasteiger partial charge in [-0.1, -0.05) is 0 Å². The van der Waals surface area contributed by atoms with Gasteiger partial charge in [0.25, 0.3) is 0 Å². The van der Waals surface area contributed by atoms with E-state index in [1.807, 2.05) is 6.92 Å². The zero-order valence-corrected chi connectivity index (χ0v) is 18.1. The molecule has 142 valence electrons. The highest BCUT2D eigenvalue weighted by molar-refractivity contribution is 14.0.